The van der Waals surface area contributed by atoms with Crippen molar-refractivity contribution in [3.8, 4) is 0 Å². The lowest BCUT2D eigenvalue weighted by atomic mass is 9.80. The molecule has 284 valence electrons. The molecule has 1 aliphatic carbocycles. The lowest BCUT2D eigenvalue weighted by Crippen LogP contribution is -2.33. The summed E-state index contributed by atoms with van der Waals surface area (Å²) in [6, 6.07) is 0. The number of esters is 2. The second-order valence-corrected chi connectivity index (χ2v) is 15.1. The molecule has 0 saturated heterocycles. The van der Waals surface area contributed by atoms with Crippen molar-refractivity contribution in [2.24, 2.45) is 11.8 Å². The number of hydrogen-bond donors (Lipinski definition) is 0. The van der Waals surface area contributed by atoms with Gasteiger partial charge in [0.1, 0.15) is 0 Å². The number of carbonyl (C=O) groups excluding carboxylic acids is 2. The molecule has 1 aliphatic rings. The highest BCUT2D eigenvalue weighted by atomic mass is 16.5. The normalized spacial score (nSPS) is 16.4. The predicted octanol–water partition coefficient (Wildman–Crippen LogP) is 14.8. The van der Waals surface area contributed by atoms with Crippen LogP contribution in [0.4, 0.5) is 0 Å². The van der Waals surface area contributed by atoms with E-state index >= 15 is 0 Å². The smallest absolute Gasteiger partial charge is 0.314 e. The van der Waals surface area contributed by atoms with Crippen molar-refractivity contribution in [3.05, 3.63) is 36.3 Å². The maximum atomic E-state index is 12.9. The van der Waals surface area contributed by atoms with E-state index in [0.717, 1.165) is 31.3 Å². The van der Waals surface area contributed by atoms with Gasteiger partial charge in [0, 0.05) is 0 Å². The maximum Gasteiger partial charge on any atom is 0.314 e. The summed E-state index contributed by atoms with van der Waals surface area (Å²) in [5.74, 6) is -1.61. The first kappa shape index (κ1) is 45.2. The Morgan fingerprint density at radius 1 is 0.510 bits per heavy atom. The van der Waals surface area contributed by atoms with Crippen LogP contribution in [-0.4, -0.2) is 11.9 Å². The molecule has 0 N–H and O–H groups in total. The van der Waals surface area contributed by atoms with Crippen molar-refractivity contribution in [1.82, 2.24) is 0 Å². The predicted molar refractivity (Wildman–Crippen MR) is 210 cm³/mol. The van der Waals surface area contributed by atoms with Crippen molar-refractivity contribution in [3.63, 3.8) is 0 Å². The third-order valence-corrected chi connectivity index (χ3v) is 10.4. The van der Waals surface area contributed by atoms with E-state index in [-0.39, 0.29) is 11.9 Å². The Balaban J connectivity index is 2.08. The number of ether oxygens (including phenoxy) is 2. The highest BCUT2D eigenvalue weighted by Crippen LogP contribution is 2.32. The first-order valence-electron chi connectivity index (χ1n) is 21.5. The Bertz CT molecular complexity index is 856. The van der Waals surface area contributed by atoms with Crippen molar-refractivity contribution in [2.75, 3.05) is 0 Å². The zero-order chi connectivity index (χ0) is 35.5. The molecule has 0 amide bonds. The second-order valence-electron chi connectivity index (χ2n) is 15.1. The highest BCUT2D eigenvalue weighted by molar-refractivity contribution is 5.83. The molecule has 0 radical (unpaired) electrons. The minimum Gasteiger partial charge on any atom is -0.435 e. The molecule has 4 nitrogen and oxygen atoms in total. The fraction of sp³-hybridized carbons (Fsp3) is 0.822. The minimum atomic E-state index is -0.485. The molecular weight excluding hydrogens is 604 g/mol. The van der Waals surface area contributed by atoms with E-state index in [1.807, 2.05) is 19.1 Å². The van der Waals surface area contributed by atoms with Gasteiger partial charge in [-0.2, -0.15) is 0 Å². The van der Waals surface area contributed by atoms with Crippen LogP contribution in [0.25, 0.3) is 0 Å². The van der Waals surface area contributed by atoms with Gasteiger partial charge in [0.15, 0.2) is 0 Å². The third-order valence-electron chi connectivity index (χ3n) is 10.4. The van der Waals surface area contributed by atoms with E-state index in [2.05, 4.69) is 19.9 Å². The van der Waals surface area contributed by atoms with Gasteiger partial charge < -0.3 is 9.47 Å². The average molecular weight is 685 g/mol. The summed E-state index contributed by atoms with van der Waals surface area (Å²) >= 11 is 0. The van der Waals surface area contributed by atoms with Crippen LogP contribution in [-0.2, 0) is 19.1 Å². The molecule has 2 atom stereocenters. The fourth-order valence-corrected chi connectivity index (χ4v) is 7.03. The Labute approximate surface area is 304 Å². The summed E-state index contributed by atoms with van der Waals surface area (Å²) in [4.78, 5) is 25.8. The van der Waals surface area contributed by atoms with Gasteiger partial charge in [-0.05, 0) is 57.6 Å². The molecule has 0 aliphatic heterocycles. The van der Waals surface area contributed by atoms with Crippen molar-refractivity contribution in [1.29, 1.82) is 0 Å². The van der Waals surface area contributed by atoms with Crippen LogP contribution in [0.5, 0.6) is 0 Å². The molecule has 49 heavy (non-hydrogen) atoms. The topological polar surface area (TPSA) is 52.6 Å². The SMILES string of the molecule is CCCCCCCCCCCCCCCCC=COC(=O)C1CC=C(C)CC1C(=O)OC=CCCCCCCCCCCCCCCCC. The van der Waals surface area contributed by atoms with Crippen LogP contribution in [0.15, 0.2) is 36.3 Å². The lowest BCUT2D eigenvalue weighted by molar-refractivity contribution is -0.154. The molecule has 0 aromatic carbocycles. The van der Waals surface area contributed by atoms with Crippen molar-refractivity contribution < 1.29 is 19.1 Å². The number of carbonyl (C=O) groups is 2. The van der Waals surface area contributed by atoms with E-state index in [4.69, 9.17) is 9.47 Å². The molecule has 0 aromatic heterocycles. The summed E-state index contributed by atoms with van der Waals surface area (Å²) < 4.78 is 11.0. The second kappa shape index (κ2) is 34.6. The molecule has 0 aromatic rings. The van der Waals surface area contributed by atoms with E-state index in [1.165, 1.54) is 179 Å². The van der Waals surface area contributed by atoms with Crippen LogP contribution in [0.1, 0.15) is 226 Å². The van der Waals surface area contributed by atoms with Crippen LogP contribution >= 0.6 is 0 Å². The van der Waals surface area contributed by atoms with Gasteiger partial charge in [0.05, 0.1) is 24.4 Å². The number of unbranched alkanes of at least 4 members (excludes halogenated alkanes) is 28. The molecular formula is C45H80O4. The Morgan fingerprint density at radius 3 is 1.16 bits per heavy atom. The van der Waals surface area contributed by atoms with Gasteiger partial charge in [-0.15, -0.1) is 0 Å². The molecule has 0 saturated carbocycles. The largest absolute Gasteiger partial charge is 0.435 e. The van der Waals surface area contributed by atoms with Gasteiger partial charge in [0.25, 0.3) is 0 Å². The first-order chi connectivity index (χ1) is 24.1. The Hall–Kier alpha value is -1.84. The van der Waals surface area contributed by atoms with Crippen molar-refractivity contribution in [2.45, 2.75) is 226 Å². The fourth-order valence-electron chi connectivity index (χ4n) is 7.03. The molecule has 2 unspecified atom stereocenters. The average Bonchev–Trinajstić information content (AvgIpc) is 3.10. The Kier molecular flexibility index (Phi) is 31.9. The lowest BCUT2D eigenvalue weighted by Gasteiger charge is -2.26. The zero-order valence-corrected chi connectivity index (χ0v) is 32.8. The summed E-state index contributed by atoms with van der Waals surface area (Å²) in [5, 5.41) is 0. The number of rotatable bonds is 34. The van der Waals surface area contributed by atoms with E-state index in [9.17, 15) is 9.59 Å². The standard InChI is InChI=1S/C45H80O4/c1-4-6-8-10-12-14-16-18-20-22-24-26-28-30-32-34-38-48-44(46)42-37-36-41(3)40-43(42)45(47)49-39-35-33-31-29-27-25-23-21-19-17-15-13-11-9-7-5-2/h34-36,38-39,42-43H,4-33,37,40H2,1-3H3. The third kappa shape index (κ3) is 27.6. The van der Waals surface area contributed by atoms with Crippen LogP contribution in [0.2, 0.25) is 0 Å². The summed E-state index contributed by atoms with van der Waals surface area (Å²) in [6.45, 7) is 6.58. The monoisotopic (exact) mass is 685 g/mol. The Morgan fingerprint density at radius 2 is 0.816 bits per heavy atom. The van der Waals surface area contributed by atoms with E-state index in [0.29, 0.717) is 12.8 Å². The molecule has 1 rings (SSSR count). The molecule has 0 fully saturated rings. The minimum absolute atomic E-state index is 0.321. The van der Waals surface area contributed by atoms with Gasteiger partial charge in [-0.1, -0.05) is 192 Å². The van der Waals surface area contributed by atoms with Gasteiger partial charge in [-0.3, -0.25) is 9.59 Å². The zero-order valence-electron chi connectivity index (χ0n) is 32.8. The van der Waals surface area contributed by atoms with E-state index in [1.54, 1.807) is 0 Å². The highest BCUT2D eigenvalue weighted by Gasteiger charge is 2.37. The van der Waals surface area contributed by atoms with Gasteiger partial charge >= 0.3 is 11.9 Å². The molecule has 0 heterocycles. The summed E-state index contributed by atoms with van der Waals surface area (Å²) in [7, 11) is 0. The maximum absolute atomic E-state index is 12.9. The van der Waals surface area contributed by atoms with Crippen LogP contribution in [0, 0.1) is 11.8 Å². The number of hydrogen-bond acceptors (Lipinski definition) is 4. The summed E-state index contributed by atoms with van der Waals surface area (Å²) in [5.41, 5.74) is 1.13. The molecule has 0 spiro atoms. The number of allylic oxidation sites excluding steroid dienone is 4. The van der Waals surface area contributed by atoms with Gasteiger partial charge in [-0.25, -0.2) is 0 Å². The van der Waals surface area contributed by atoms with E-state index < -0.39 is 11.8 Å². The van der Waals surface area contributed by atoms with Crippen LogP contribution < -0.4 is 0 Å². The molecule has 0 bridgehead atoms. The first-order valence-corrected chi connectivity index (χ1v) is 21.5. The van der Waals surface area contributed by atoms with Gasteiger partial charge in [0.2, 0.25) is 0 Å². The van der Waals surface area contributed by atoms with Crippen LogP contribution in [0.3, 0.4) is 0 Å². The summed E-state index contributed by atoms with van der Waals surface area (Å²) in [6.07, 6.45) is 49.8. The van der Waals surface area contributed by atoms with Crippen molar-refractivity contribution >= 4 is 11.9 Å². The quantitative estimate of drug-likeness (QED) is 0.0293. The molecule has 4 heteroatoms.